The summed E-state index contributed by atoms with van der Waals surface area (Å²) in [6.07, 6.45) is 1.71. The van der Waals surface area contributed by atoms with Crippen LogP contribution in [0.25, 0.3) is 0 Å². The van der Waals surface area contributed by atoms with E-state index < -0.39 is 35.7 Å². The van der Waals surface area contributed by atoms with Gasteiger partial charge < -0.3 is 46.7 Å². The van der Waals surface area contributed by atoms with Crippen molar-refractivity contribution < 1.29 is 38.2 Å². The van der Waals surface area contributed by atoms with Gasteiger partial charge in [-0.25, -0.2) is 0 Å². The first-order valence-electron chi connectivity index (χ1n) is 16.0. The van der Waals surface area contributed by atoms with Crippen molar-refractivity contribution in [3.05, 3.63) is 35.4 Å². The first-order valence-corrected chi connectivity index (χ1v) is 16.0. The van der Waals surface area contributed by atoms with E-state index in [0.29, 0.717) is 50.2 Å². The third-order valence-corrected chi connectivity index (χ3v) is 7.67. The first kappa shape index (κ1) is 39.1. The Balaban J connectivity index is 2.02. The van der Waals surface area contributed by atoms with Crippen LogP contribution in [-0.4, -0.2) is 112 Å². The third kappa shape index (κ3) is 14.9. The van der Waals surface area contributed by atoms with Crippen LogP contribution in [0.5, 0.6) is 0 Å². The number of hydrogen-bond donors (Lipinski definition) is 6. The fourth-order valence-electron chi connectivity index (χ4n) is 5.11. The van der Waals surface area contributed by atoms with Gasteiger partial charge in [0.1, 0.15) is 12.1 Å². The van der Waals surface area contributed by atoms with Gasteiger partial charge in [-0.1, -0.05) is 24.3 Å². The molecule has 262 valence electrons. The van der Waals surface area contributed by atoms with Crippen molar-refractivity contribution >= 4 is 35.4 Å². The highest BCUT2D eigenvalue weighted by Crippen LogP contribution is 2.17. The van der Waals surface area contributed by atoms with E-state index in [0.717, 1.165) is 0 Å². The summed E-state index contributed by atoms with van der Waals surface area (Å²) in [7, 11) is 1.51. The smallest absolute Gasteiger partial charge is 0.242 e. The number of likely N-dealkylation sites (tertiary alicyclic amines) is 1. The van der Waals surface area contributed by atoms with E-state index in [-0.39, 0.29) is 69.8 Å². The van der Waals surface area contributed by atoms with Crippen LogP contribution >= 0.6 is 0 Å². The predicted molar refractivity (Wildman–Crippen MR) is 174 cm³/mol. The highest BCUT2D eigenvalue weighted by molar-refractivity contribution is 5.90. The number of nitrogens with two attached hydrogens (primary N) is 1. The van der Waals surface area contributed by atoms with Crippen LogP contribution in [0.4, 0.5) is 0 Å². The topological polar surface area (TPSA) is 210 Å². The number of carbonyl (C=O) groups is 6. The zero-order valence-corrected chi connectivity index (χ0v) is 27.7. The second-order valence-corrected chi connectivity index (χ2v) is 11.4. The molecule has 15 nitrogen and oxygen atoms in total. The van der Waals surface area contributed by atoms with Crippen molar-refractivity contribution in [2.45, 2.75) is 64.6 Å². The number of rotatable bonds is 20. The number of carbonyl (C=O) groups excluding carboxylic acids is 6. The molecule has 1 aliphatic heterocycles. The van der Waals surface area contributed by atoms with Gasteiger partial charge in [0.05, 0.1) is 25.6 Å². The zero-order valence-electron chi connectivity index (χ0n) is 27.7. The van der Waals surface area contributed by atoms with Gasteiger partial charge in [0.25, 0.3) is 0 Å². The second kappa shape index (κ2) is 21.7. The molecule has 0 aliphatic carbocycles. The van der Waals surface area contributed by atoms with Crippen LogP contribution in [0.2, 0.25) is 0 Å². The number of ether oxygens (including phenoxy) is 2. The van der Waals surface area contributed by atoms with Crippen molar-refractivity contribution in [1.29, 1.82) is 0 Å². The summed E-state index contributed by atoms with van der Waals surface area (Å²) in [6, 6.07) is 5.35. The van der Waals surface area contributed by atoms with E-state index in [1.165, 1.54) is 21.0 Å². The number of hydrogen-bond acceptors (Lipinski definition) is 9. The van der Waals surface area contributed by atoms with E-state index in [1.807, 2.05) is 0 Å². The number of nitrogens with zero attached hydrogens (tertiary/aromatic N) is 1. The normalized spacial score (nSPS) is 15.6. The van der Waals surface area contributed by atoms with Crippen LogP contribution in [0, 0.1) is 5.92 Å². The number of piperidine rings is 1. The predicted octanol–water partition coefficient (Wildman–Crippen LogP) is -1.27. The summed E-state index contributed by atoms with van der Waals surface area (Å²) in [4.78, 5) is 77.0. The molecule has 0 radical (unpaired) electrons. The van der Waals surface area contributed by atoms with Gasteiger partial charge in [-0.3, -0.25) is 28.8 Å². The van der Waals surface area contributed by atoms with Crippen LogP contribution in [0.1, 0.15) is 50.7 Å². The standard InChI is InChI=1S/C32H51N7O8/c1-22(40)34-13-10-27(31(44)35-14-18-47-17-12-33)37-29(42)19-24-7-4-5-8-25(24)20-36-32(45)28(11-16-46-3)38-30(43)26-9-6-15-39(21-26)23(2)41/h4-5,7-8,26-28H,6,9-21,33H2,1-3H3,(H,34,40)(H,35,44)(H,36,45)(H,37,42)(H,38,43)/t26-,27+,28+/m1/s1. The first-order chi connectivity index (χ1) is 22.5. The highest BCUT2D eigenvalue weighted by Gasteiger charge is 2.30. The Morgan fingerprint density at radius 2 is 1.60 bits per heavy atom. The lowest BCUT2D eigenvalue weighted by Crippen LogP contribution is -2.51. The Hall–Kier alpha value is -4.08. The SMILES string of the molecule is COCC[C@H](NC(=O)[C@@H]1CCCN(C(C)=O)C1)C(=O)NCc1ccccc1CC(=O)N[C@@H](CCNC(C)=O)C(=O)NCCOCCN. The maximum atomic E-state index is 13.2. The van der Waals surface area contributed by atoms with Crippen molar-refractivity contribution in [2.24, 2.45) is 11.7 Å². The number of amides is 6. The summed E-state index contributed by atoms with van der Waals surface area (Å²) < 4.78 is 10.4. The molecule has 1 saturated heterocycles. The van der Waals surface area contributed by atoms with E-state index >= 15 is 0 Å². The molecule has 1 aromatic carbocycles. The van der Waals surface area contributed by atoms with Gasteiger partial charge in [0, 0.05) is 66.8 Å². The lowest BCUT2D eigenvalue weighted by molar-refractivity contribution is -0.136. The summed E-state index contributed by atoms with van der Waals surface area (Å²) in [5, 5.41) is 13.8. The van der Waals surface area contributed by atoms with E-state index in [1.54, 1.807) is 29.2 Å². The molecule has 3 atom stereocenters. The van der Waals surface area contributed by atoms with Crippen molar-refractivity contribution in [3.8, 4) is 0 Å². The molecule has 1 aromatic rings. The van der Waals surface area contributed by atoms with Gasteiger partial charge in [0.15, 0.2) is 0 Å². The fourth-order valence-corrected chi connectivity index (χ4v) is 5.11. The molecule has 0 unspecified atom stereocenters. The summed E-state index contributed by atoms with van der Waals surface area (Å²) >= 11 is 0. The van der Waals surface area contributed by atoms with Crippen LogP contribution < -0.4 is 32.3 Å². The molecular weight excluding hydrogens is 610 g/mol. The van der Waals surface area contributed by atoms with Crippen molar-refractivity contribution in [3.63, 3.8) is 0 Å². The quantitative estimate of drug-likeness (QED) is 0.0919. The summed E-state index contributed by atoms with van der Waals surface area (Å²) in [6.45, 7) is 5.53. The molecular formula is C32H51N7O8. The van der Waals surface area contributed by atoms with Crippen molar-refractivity contribution in [2.75, 3.05) is 59.7 Å². The Morgan fingerprint density at radius 1 is 0.894 bits per heavy atom. The Kier molecular flexibility index (Phi) is 18.0. The van der Waals surface area contributed by atoms with Gasteiger partial charge >= 0.3 is 0 Å². The average Bonchev–Trinajstić information content (AvgIpc) is 3.05. The zero-order chi connectivity index (χ0) is 34.6. The molecule has 2 rings (SSSR count). The Morgan fingerprint density at radius 3 is 2.28 bits per heavy atom. The number of methoxy groups -OCH3 is 1. The molecule has 1 heterocycles. The molecule has 1 aliphatic rings. The number of nitrogens with one attached hydrogen (secondary N) is 5. The molecule has 0 aromatic heterocycles. The van der Waals surface area contributed by atoms with Gasteiger partial charge in [-0.15, -0.1) is 0 Å². The van der Waals surface area contributed by atoms with Crippen molar-refractivity contribution in [1.82, 2.24) is 31.5 Å². The monoisotopic (exact) mass is 661 g/mol. The minimum absolute atomic E-state index is 0.0618. The molecule has 15 heteroatoms. The van der Waals surface area contributed by atoms with E-state index in [2.05, 4.69) is 26.6 Å². The Bertz CT molecular complexity index is 1200. The molecule has 6 amide bonds. The van der Waals surface area contributed by atoms with Gasteiger partial charge in [-0.05, 0) is 36.8 Å². The van der Waals surface area contributed by atoms with Crippen LogP contribution in [-0.2, 0) is 51.2 Å². The maximum Gasteiger partial charge on any atom is 0.242 e. The molecule has 0 bridgehead atoms. The summed E-state index contributed by atoms with van der Waals surface area (Å²) in [5.74, 6) is -2.26. The third-order valence-electron chi connectivity index (χ3n) is 7.67. The van der Waals surface area contributed by atoms with Crippen LogP contribution in [0.15, 0.2) is 24.3 Å². The lowest BCUT2D eigenvalue weighted by Gasteiger charge is -2.32. The minimum Gasteiger partial charge on any atom is -0.385 e. The molecule has 0 saturated carbocycles. The van der Waals surface area contributed by atoms with Gasteiger partial charge in [0.2, 0.25) is 35.4 Å². The fraction of sp³-hybridized carbons (Fsp3) is 0.625. The highest BCUT2D eigenvalue weighted by atomic mass is 16.5. The minimum atomic E-state index is -0.896. The second-order valence-electron chi connectivity index (χ2n) is 11.4. The van der Waals surface area contributed by atoms with Gasteiger partial charge in [-0.2, -0.15) is 0 Å². The van der Waals surface area contributed by atoms with E-state index in [4.69, 9.17) is 15.2 Å². The molecule has 0 spiro atoms. The number of benzene rings is 1. The Labute approximate surface area is 276 Å². The molecule has 7 N–H and O–H groups in total. The summed E-state index contributed by atoms with van der Waals surface area (Å²) in [5.41, 5.74) is 6.73. The lowest BCUT2D eigenvalue weighted by atomic mass is 9.96. The van der Waals surface area contributed by atoms with E-state index in [9.17, 15) is 28.8 Å². The average molecular weight is 662 g/mol. The van der Waals surface area contributed by atoms with Crippen LogP contribution in [0.3, 0.4) is 0 Å². The maximum absolute atomic E-state index is 13.2. The molecule has 1 fully saturated rings. The molecule has 47 heavy (non-hydrogen) atoms. The largest absolute Gasteiger partial charge is 0.385 e.